The van der Waals surface area contributed by atoms with Crippen LogP contribution in [0, 0.1) is 17.8 Å². The molecule has 3 fully saturated rings. The molecule has 3 aliphatic heterocycles. The second-order valence-electron chi connectivity index (χ2n) is 7.61. The fraction of sp³-hybridized carbons (Fsp3) is 0.526. The molecule has 122 valence electrons. The predicted octanol–water partition coefficient (Wildman–Crippen LogP) is 3.17. The Bertz CT molecular complexity index is 647. The van der Waals surface area contributed by atoms with Crippen LogP contribution in [0.4, 0.5) is 0 Å². The van der Waals surface area contributed by atoms with Crippen molar-refractivity contribution in [3.05, 3.63) is 35.4 Å². The standard InChI is InChI=1S/C19H25NO2Si/c1-23(2,3)22-19(15-20-12-9-18(19)10-13-20)11-8-16-6-4-5-7-17(16)14-21/h4-7,14,18H,9-10,12-13,15H2,1-3H3. The molecule has 23 heavy (non-hydrogen) atoms. The van der Waals surface area contributed by atoms with Gasteiger partial charge in [0.15, 0.2) is 14.6 Å². The minimum absolute atomic E-state index is 0.364. The van der Waals surface area contributed by atoms with Gasteiger partial charge >= 0.3 is 0 Å². The molecule has 0 N–H and O–H groups in total. The van der Waals surface area contributed by atoms with Crippen LogP contribution in [0.3, 0.4) is 0 Å². The van der Waals surface area contributed by atoms with E-state index in [4.69, 9.17) is 4.43 Å². The summed E-state index contributed by atoms with van der Waals surface area (Å²) in [4.78, 5) is 13.7. The Morgan fingerprint density at radius 3 is 2.52 bits per heavy atom. The van der Waals surface area contributed by atoms with Crippen LogP contribution in [-0.2, 0) is 4.43 Å². The maximum Gasteiger partial charge on any atom is 0.185 e. The van der Waals surface area contributed by atoms with Gasteiger partial charge in [0.25, 0.3) is 0 Å². The molecule has 1 aromatic rings. The van der Waals surface area contributed by atoms with E-state index in [-0.39, 0.29) is 5.60 Å². The zero-order valence-corrected chi connectivity index (χ0v) is 15.3. The number of carbonyl (C=O) groups is 1. The molecule has 1 aromatic carbocycles. The molecule has 0 radical (unpaired) electrons. The molecule has 4 heteroatoms. The van der Waals surface area contributed by atoms with Gasteiger partial charge in [-0.15, -0.1) is 0 Å². The van der Waals surface area contributed by atoms with Gasteiger partial charge in [-0.05, 0) is 51.6 Å². The van der Waals surface area contributed by atoms with Gasteiger partial charge in [-0.3, -0.25) is 9.69 Å². The predicted molar refractivity (Wildman–Crippen MR) is 95.0 cm³/mol. The van der Waals surface area contributed by atoms with E-state index in [2.05, 4.69) is 36.4 Å². The fourth-order valence-corrected chi connectivity index (χ4v) is 5.11. The van der Waals surface area contributed by atoms with Crippen molar-refractivity contribution in [3.8, 4) is 11.8 Å². The lowest BCUT2D eigenvalue weighted by Crippen LogP contribution is -2.62. The third-order valence-electron chi connectivity index (χ3n) is 4.69. The number of benzene rings is 1. The number of rotatable bonds is 3. The Kier molecular flexibility index (Phi) is 4.46. The van der Waals surface area contributed by atoms with Crippen molar-refractivity contribution in [2.75, 3.05) is 19.6 Å². The topological polar surface area (TPSA) is 29.5 Å². The smallest absolute Gasteiger partial charge is 0.185 e. The van der Waals surface area contributed by atoms with Crippen LogP contribution in [0.1, 0.15) is 28.8 Å². The van der Waals surface area contributed by atoms with Crippen LogP contribution in [-0.4, -0.2) is 44.7 Å². The van der Waals surface area contributed by atoms with Crippen molar-refractivity contribution in [1.82, 2.24) is 4.90 Å². The number of fused-ring (bicyclic) bond motifs is 3. The summed E-state index contributed by atoms with van der Waals surface area (Å²) in [7, 11) is -1.71. The lowest BCUT2D eigenvalue weighted by Gasteiger charge is -2.52. The molecule has 4 rings (SSSR count). The van der Waals surface area contributed by atoms with Gasteiger partial charge in [0.2, 0.25) is 0 Å². The summed E-state index contributed by atoms with van der Waals surface area (Å²) in [6.45, 7) is 9.91. The molecule has 1 atom stereocenters. The average molecular weight is 328 g/mol. The SMILES string of the molecule is C[Si](C)(C)OC1(C#Cc2ccccc2C=O)CN2CCC1CC2. The Balaban J connectivity index is 1.98. The first-order valence-electron chi connectivity index (χ1n) is 8.42. The first-order valence-corrected chi connectivity index (χ1v) is 11.8. The summed E-state index contributed by atoms with van der Waals surface area (Å²) >= 11 is 0. The van der Waals surface area contributed by atoms with Crippen molar-refractivity contribution in [1.29, 1.82) is 0 Å². The first-order chi connectivity index (χ1) is 10.9. The summed E-state index contributed by atoms with van der Waals surface area (Å²) in [5.74, 6) is 7.26. The minimum Gasteiger partial charge on any atom is -0.400 e. The Labute approximate surface area is 140 Å². The quantitative estimate of drug-likeness (QED) is 0.485. The number of piperidine rings is 3. The van der Waals surface area contributed by atoms with E-state index in [0.717, 1.165) is 44.3 Å². The van der Waals surface area contributed by atoms with E-state index in [1.54, 1.807) is 0 Å². The van der Waals surface area contributed by atoms with Crippen LogP contribution in [0.25, 0.3) is 0 Å². The normalized spacial score (nSPS) is 29.7. The highest BCUT2D eigenvalue weighted by Gasteiger charge is 2.48. The summed E-state index contributed by atoms with van der Waals surface area (Å²) in [5, 5.41) is 0. The van der Waals surface area contributed by atoms with Gasteiger partial charge in [-0.1, -0.05) is 30.0 Å². The summed E-state index contributed by atoms with van der Waals surface area (Å²) < 4.78 is 6.63. The van der Waals surface area contributed by atoms with E-state index in [1.165, 1.54) is 0 Å². The molecule has 3 saturated heterocycles. The maximum absolute atomic E-state index is 11.2. The summed E-state index contributed by atoms with van der Waals surface area (Å²) in [6.07, 6.45) is 3.20. The van der Waals surface area contributed by atoms with Crippen LogP contribution in [0.2, 0.25) is 19.6 Å². The van der Waals surface area contributed by atoms with E-state index < -0.39 is 8.32 Å². The Morgan fingerprint density at radius 2 is 1.96 bits per heavy atom. The molecule has 3 aliphatic rings. The van der Waals surface area contributed by atoms with Crippen molar-refractivity contribution in [2.24, 2.45) is 5.92 Å². The number of hydrogen-bond donors (Lipinski definition) is 0. The zero-order valence-electron chi connectivity index (χ0n) is 14.3. The first kappa shape index (κ1) is 16.4. The molecule has 3 heterocycles. The van der Waals surface area contributed by atoms with Crippen molar-refractivity contribution >= 4 is 14.6 Å². The molecule has 2 bridgehead atoms. The second-order valence-corrected chi connectivity index (χ2v) is 12.0. The third-order valence-corrected chi connectivity index (χ3v) is 5.67. The molecular formula is C19H25NO2Si. The zero-order chi connectivity index (χ0) is 16.5. The highest BCUT2D eigenvalue weighted by molar-refractivity contribution is 6.69. The maximum atomic E-state index is 11.2. The van der Waals surface area contributed by atoms with Crippen LogP contribution in [0.15, 0.2) is 24.3 Å². The van der Waals surface area contributed by atoms with Gasteiger partial charge < -0.3 is 4.43 Å². The average Bonchev–Trinajstić information content (AvgIpc) is 2.52. The summed E-state index contributed by atoms with van der Waals surface area (Å²) in [5.41, 5.74) is 1.10. The second kappa shape index (κ2) is 6.24. The van der Waals surface area contributed by atoms with Crippen molar-refractivity contribution in [2.45, 2.75) is 38.1 Å². The van der Waals surface area contributed by atoms with Gasteiger partial charge in [0.1, 0.15) is 5.60 Å². The molecule has 0 aromatic heterocycles. The van der Waals surface area contributed by atoms with Gasteiger partial charge in [0, 0.05) is 23.6 Å². The summed E-state index contributed by atoms with van der Waals surface area (Å²) in [6, 6.07) is 7.54. The molecular weight excluding hydrogens is 302 g/mol. The molecule has 0 saturated carbocycles. The number of hydrogen-bond acceptors (Lipinski definition) is 3. The Morgan fingerprint density at radius 1 is 1.26 bits per heavy atom. The Hall–Kier alpha value is -1.41. The van der Waals surface area contributed by atoms with E-state index >= 15 is 0 Å². The van der Waals surface area contributed by atoms with E-state index in [9.17, 15) is 4.79 Å². The van der Waals surface area contributed by atoms with Crippen LogP contribution in [0.5, 0.6) is 0 Å². The lowest BCUT2D eigenvalue weighted by atomic mass is 9.75. The van der Waals surface area contributed by atoms with Crippen molar-refractivity contribution in [3.63, 3.8) is 0 Å². The highest BCUT2D eigenvalue weighted by atomic mass is 28.4. The fourth-order valence-electron chi connectivity index (χ4n) is 3.73. The molecule has 0 aliphatic carbocycles. The molecule has 0 spiro atoms. The van der Waals surface area contributed by atoms with E-state index in [0.29, 0.717) is 11.5 Å². The lowest BCUT2D eigenvalue weighted by molar-refractivity contribution is -0.0592. The molecule has 0 amide bonds. The van der Waals surface area contributed by atoms with Gasteiger partial charge in [-0.2, -0.15) is 0 Å². The van der Waals surface area contributed by atoms with Gasteiger partial charge in [-0.25, -0.2) is 0 Å². The largest absolute Gasteiger partial charge is 0.400 e. The highest BCUT2D eigenvalue weighted by Crippen LogP contribution is 2.39. The minimum atomic E-state index is -1.71. The van der Waals surface area contributed by atoms with Crippen molar-refractivity contribution < 1.29 is 9.22 Å². The van der Waals surface area contributed by atoms with Crippen LogP contribution >= 0.6 is 0 Å². The number of nitrogens with zero attached hydrogens (tertiary/aromatic N) is 1. The van der Waals surface area contributed by atoms with Gasteiger partial charge in [0.05, 0.1) is 0 Å². The van der Waals surface area contributed by atoms with Crippen LogP contribution < -0.4 is 0 Å². The van der Waals surface area contributed by atoms with E-state index in [1.807, 2.05) is 24.3 Å². The number of carbonyl (C=O) groups excluding carboxylic acids is 1. The molecule has 3 nitrogen and oxygen atoms in total. The molecule has 1 unspecified atom stereocenters. The monoisotopic (exact) mass is 327 g/mol. The number of aldehydes is 1. The third kappa shape index (κ3) is 3.58.